The molecule has 178 valence electrons. The molecule has 0 spiro atoms. The number of pyridine rings is 1. The molecule has 3 heterocycles. The maximum atomic E-state index is 13.6. The Hall–Kier alpha value is -3.55. The molecule has 0 aliphatic heterocycles. The number of H-pyrrole nitrogens is 1. The van der Waals surface area contributed by atoms with E-state index in [0.717, 1.165) is 65.9 Å². The Bertz CT molecular complexity index is 1290. The molecule has 1 N–H and O–H groups in total. The summed E-state index contributed by atoms with van der Waals surface area (Å²) < 4.78 is 3.89. The number of aromatic nitrogens is 7. The molecule has 0 radical (unpaired) electrons. The third-order valence-electron chi connectivity index (χ3n) is 6.59. The lowest BCUT2D eigenvalue weighted by atomic mass is 9.97. The summed E-state index contributed by atoms with van der Waals surface area (Å²) in [5.41, 5.74) is 5.87. The number of tetrazole rings is 1. The molecule has 0 bridgehead atoms. The van der Waals surface area contributed by atoms with E-state index in [1.54, 1.807) is 6.20 Å². The smallest absolute Gasteiger partial charge is 0.294 e. The summed E-state index contributed by atoms with van der Waals surface area (Å²) in [6, 6.07) is 12.1. The minimum Gasteiger partial charge on any atom is -0.294 e. The fourth-order valence-corrected chi connectivity index (χ4v) is 4.59. The number of aromatic amines is 1. The monoisotopic (exact) mass is 459 g/mol. The number of nitrogens with one attached hydrogen (secondary N) is 1. The van der Waals surface area contributed by atoms with E-state index < -0.39 is 0 Å². The molecule has 1 unspecified atom stereocenters. The number of hydrogen-bond donors (Lipinski definition) is 1. The molecule has 1 atom stereocenters. The predicted octanol–water partition coefficient (Wildman–Crippen LogP) is 4.95. The Morgan fingerprint density at radius 2 is 1.79 bits per heavy atom. The van der Waals surface area contributed by atoms with Gasteiger partial charge in [-0.1, -0.05) is 57.0 Å². The molecule has 3 aromatic heterocycles. The van der Waals surface area contributed by atoms with Crippen LogP contribution in [0.2, 0.25) is 0 Å². The number of unbranched alkanes of at least 4 members (excludes halogenated alkanes) is 2. The number of rotatable bonds is 10. The van der Waals surface area contributed by atoms with Crippen LogP contribution in [0.5, 0.6) is 0 Å². The van der Waals surface area contributed by atoms with Gasteiger partial charge >= 0.3 is 5.69 Å². The van der Waals surface area contributed by atoms with Crippen LogP contribution in [0.1, 0.15) is 69.6 Å². The Morgan fingerprint density at radius 3 is 2.50 bits per heavy atom. The van der Waals surface area contributed by atoms with Crippen LogP contribution in [0.4, 0.5) is 0 Å². The number of hydrogen-bond acceptors (Lipinski definition) is 5. The summed E-state index contributed by atoms with van der Waals surface area (Å²) in [6.07, 6.45) is 6.95. The van der Waals surface area contributed by atoms with E-state index in [0.29, 0.717) is 12.4 Å². The van der Waals surface area contributed by atoms with Crippen molar-refractivity contribution in [2.45, 2.75) is 72.4 Å². The largest absolute Gasteiger partial charge is 0.329 e. The van der Waals surface area contributed by atoms with Gasteiger partial charge in [0.2, 0.25) is 5.82 Å². The van der Waals surface area contributed by atoms with Crippen molar-refractivity contribution in [3.05, 3.63) is 70.2 Å². The molecule has 0 saturated carbocycles. The lowest BCUT2D eigenvalue weighted by Gasteiger charge is -2.13. The van der Waals surface area contributed by atoms with Crippen molar-refractivity contribution in [3.8, 4) is 22.5 Å². The summed E-state index contributed by atoms with van der Waals surface area (Å²) in [5, 5.41) is 14.6. The van der Waals surface area contributed by atoms with Crippen molar-refractivity contribution in [2.24, 2.45) is 0 Å². The first-order valence-electron chi connectivity index (χ1n) is 12.1. The van der Waals surface area contributed by atoms with Gasteiger partial charge in [-0.2, -0.15) is 5.21 Å². The average molecular weight is 460 g/mol. The molecule has 0 amide bonds. The molecule has 0 aliphatic carbocycles. The zero-order chi connectivity index (χ0) is 24.1. The number of nitrogens with zero attached hydrogens (tertiary/aromatic N) is 6. The minimum absolute atomic E-state index is 0.0430. The van der Waals surface area contributed by atoms with Crippen LogP contribution in [0, 0.1) is 6.92 Å². The molecule has 4 rings (SSSR count). The van der Waals surface area contributed by atoms with E-state index >= 15 is 0 Å². The van der Waals surface area contributed by atoms with Crippen molar-refractivity contribution in [3.63, 3.8) is 0 Å². The lowest BCUT2D eigenvalue weighted by Crippen LogP contribution is -2.28. The first-order valence-corrected chi connectivity index (χ1v) is 12.1. The molecule has 1 aromatic carbocycles. The van der Waals surface area contributed by atoms with Gasteiger partial charge in [-0.05, 0) is 50.0 Å². The average Bonchev–Trinajstić information content (AvgIpc) is 3.47. The van der Waals surface area contributed by atoms with E-state index in [1.165, 1.54) is 0 Å². The summed E-state index contributed by atoms with van der Waals surface area (Å²) >= 11 is 0. The van der Waals surface area contributed by atoms with Gasteiger partial charge in [0.1, 0.15) is 0 Å². The summed E-state index contributed by atoms with van der Waals surface area (Å²) in [7, 11) is 0. The van der Waals surface area contributed by atoms with Crippen LogP contribution in [-0.2, 0) is 13.0 Å². The van der Waals surface area contributed by atoms with Crippen LogP contribution in [-0.4, -0.2) is 34.7 Å². The van der Waals surface area contributed by atoms with Gasteiger partial charge in [0.05, 0.1) is 12.2 Å². The first-order chi connectivity index (χ1) is 16.6. The van der Waals surface area contributed by atoms with Crippen molar-refractivity contribution in [1.82, 2.24) is 34.7 Å². The van der Waals surface area contributed by atoms with Crippen LogP contribution in [0.25, 0.3) is 22.5 Å². The van der Waals surface area contributed by atoms with Crippen LogP contribution < -0.4 is 5.69 Å². The van der Waals surface area contributed by atoms with Gasteiger partial charge in [-0.25, -0.2) is 4.79 Å². The number of imidazole rings is 1. The van der Waals surface area contributed by atoms with E-state index in [4.69, 9.17) is 4.98 Å². The highest BCUT2D eigenvalue weighted by Gasteiger charge is 2.21. The Balaban J connectivity index is 1.81. The van der Waals surface area contributed by atoms with Crippen LogP contribution in [0.3, 0.4) is 0 Å². The normalized spacial score (nSPS) is 12.2. The predicted molar refractivity (Wildman–Crippen MR) is 134 cm³/mol. The Morgan fingerprint density at radius 1 is 1.03 bits per heavy atom. The third-order valence-corrected chi connectivity index (χ3v) is 6.59. The molecular weight excluding hydrogens is 426 g/mol. The molecular formula is C26H33N7O. The second-order valence-electron chi connectivity index (χ2n) is 8.76. The standard InChI is InChI=1S/C26H33N7O/c1-5-7-8-15-24-19(4)33(18(3)6-2)26(34)32(24)17-23-21(14-11-16-27-23)20-12-9-10-13-22(20)25-28-30-31-29-25/h9-14,16,18H,5-8,15,17H2,1-4H3,(H,28,29,30,31). The molecule has 0 saturated heterocycles. The minimum atomic E-state index is 0.0430. The highest BCUT2D eigenvalue weighted by atomic mass is 16.1. The van der Waals surface area contributed by atoms with Crippen LogP contribution >= 0.6 is 0 Å². The zero-order valence-corrected chi connectivity index (χ0v) is 20.5. The third kappa shape index (κ3) is 4.58. The lowest BCUT2D eigenvalue weighted by molar-refractivity contribution is 0.495. The van der Waals surface area contributed by atoms with Gasteiger partial charge in [0, 0.05) is 34.8 Å². The molecule has 0 fully saturated rings. The van der Waals surface area contributed by atoms with Gasteiger partial charge in [0.15, 0.2) is 0 Å². The molecule has 34 heavy (non-hydrogen) atoms. The van der Waals surface area contributed by atoms with Crippen molar-refractivity contribution >= 4 is 0 Å². The van der Waals surface area contributed by atoms with E-state index in [1.807, 2.05) is 45.5 Å². The van der Waals surface area contributed by atoms with E-state index in [-0.39, 0.29) is 11.7 Å². The fraction of sp³-hybridized carbons (Fsp3) is 0.423. The summed E-state index contributed by atoms with van der Waals surface area (Å²) in [5.74, 6) is 0.529. The van der Waals surface area contributed by atoms with E-state index in [2.05, 4.69) is 48.3 Å². The van der Waals surface area contributed by atoms with Gasteiger partial charge in [-0.3, -0.25) is 14.1 Å². The SMILES string of the molecule is CCCCCc1c(C)n(C(C)CC)c(=O)n1Cc1ncccc1-c1ccccc1-c1nn[nH]n1. The highest BCUT2D eigenvalue weighted by molar-refractivity contribution is 5.81. The Kier molecular flexibility index (Phi) is 7.35. The highest BCUT2D eigenvalue weighted by Crippen LogP contribution is 2.32. The Labute approximate surface area is 200 Å². The summed E-state index contributed by atoms with van der Waals surface area (Å²) in [6.45, 7) is 8.93. The van der Waals surface area contributed by atoms with Gasteiger partial charge in [0.25, 0.3) is 0 Å². The van der Waals surface area contributed by atoms with Gasteiger partial charge in [-0.15, -0.1) is 10.2 Å². The second kappa shape index (κ2) is 10.6. The maximum absolute atomic E-state index is 13.6. The summed E-state index contributed by atoms with van der Waals surface area (Å²) in [4.78, 5) is 18.3. The molecule has 8 heteroatoms. The second-order valence-corrected chi connectivity index (χ2v) is 8.76. The van der Waals surface area contributed by atoms with Crippen LogP contribution in [0.15, 0.2) is 47.4 Å². The topological polar surface area (TPSA) is 94.3 Å². The first kappa shape index (κ1) is 23.6. The number of benzene rings is 1. The molecule has 8 nitrogen and oxygen atoms in total. The molecule has 4 aromatic rings. The quantitative estimate of drug-likeness (QED) is 0.339. The fourth-order valence-electron chi connectivity index (χ4n) is 4.59. The van der Waals surface area contributed by atoms with Crippen molar-refractivity contribution in [1.29, 1.82) is 0 Å². The molecule has 0 aliphatic rings. The maximum Gasteiger partial charge on any atom is 0.329 e. The van der Waals surface area contributed by atoms with Crippen molar-refractivity contribution in [2.75, 3.05) is 0 Å². The van der Waals surface area contributed by atoms with Crippen molar-refractivity contribution < 1.29 is 0 Å². The van der Waals surface area contributed by atoms with E-state index in [9.17, 15) is 4.79 Å². The van der Waals surface area contributed by atoms with Gasteiger partial charge < -0.3 is 0 Å². The zero-order valence-electron chi connectivity index (χ0n) is 20.5.